The highest BCUT2D eigenvalue weighted by Gasteiger charge is 2.01. The number of rotatable bonds is 8. The Kier molecular flexibility index (Phi) is 5.58. The van der Waals surface area contributed by atoms with Crippen LogP contribution in [0.4, 0.5) is 0 Å². The van der Waals surface area contributed by atoms with Crippen molar-refractivity contribution in [2.75, 3.05) is 13.2 Å². The molecule has 5 heteroatoms. The van der Waals surface area contributed by atoms with Gasteiger partial charge in [-0.25, -0.2) is 0 Å². The maximum atomic E-state index is 10.5. The van der Waals surface area contributed by atoms with Gasteiger partial charge in [0.25, 0.3) is 0 Å². The fourth-order valence-electron chi connectivity index (χ4n) is 1.66. The van der Waals surface area contributed by atoms with E-state index in [4.69, 9.17) is 14.6 Å². The molecule has 0 aliphatic carbocycles. The first kappa shape index (κ1) is 14.6. The van der Waals surface area contributed by atoms with Crippen molar-refractivity contribution in [3.8, 4) is 5.75 Å². The van der Waals surface area contributed by atoms with Crippen LogP contribution in [0, 0.1) is 0 Å². The Labute approximate surface area is 121 Å². The number of carboxylic acid groups (broad SMARTS) is 1. The molecule has 0 radical (unpaired) electrons. The van der Waals surface area contributed by atoms with E-state index >= 15 is 0 Å². The quantitative estimate of drug-likeness (QED) is 0.760. The molecule has 0 bridgehead atoms. The highest BCUT2D eigenvalue weighted by Crippen LogP contribution is 2.13. The molecule has 106 valence electrons. The van der Waals surface area contributed by atoms with E-state index in [1.165, 1.54) is 4.88 Å². The lowest BCUT2D eigenvalue weighted by Crippen LogP contribution is -2.06. The van der Waals surface area contributed by atoms with Gasteiger partial charge in [0, 0.05) is 4.88 Å². The Hall–Kier alpha value is -1.85. The number of hydrogen-bond donors (Lipinski definition) is 1. The maximum Gasteiger partial charge on any atom is 0.307 e. The van der Waals surface area contributed by atoms with E-state index < -0.39 is 5.97 Å². The van der Waals surface area contributed by atoms with Gasteiger partial charge in [-0.15, -0.1) is 11.3 Å². The van der Waals surface area contributed by atoms with Crippen molar-refractivity contribution in [3.63, 3.8) is 0 Å². The molecule has 1 aromatic heterocycles. The van der Waals surface area contributed by atoms with Gasteiger partial charge in [0.05, 0.1) is 19.6 Å². The summed E-state index contributed by atoms with van der Waals surface area (Å²) in [6.45, 7) is 1.61. The van der Waals surface area contributed by atoms with Crippen LogP contribution in [0.5, 0.6) is 5.75 Å². The molecule has 0 aliphatic heterocycles. The molecular weight excluding hydrogens is 276 g/mol. The van der Waals surface area contributed by atoms with E-state index in [2.05, 4.69) is 0 Å². The van der Waals surface area contributed by atoms with Gasteiger partial charge in [-0.2, -0.15) is 0 Å². The number of ether oxygens (including phenoxy) is 2. The molecular formula is C15H16O4S. The smallest absolute Gasteiger partial charge is 0.307 e. The molecule has 0 unspecified atom stereocenters. The van der Waals surface area contributed by atoms with E-state index in [0.717, 1.165) is 11.3 Å². The number of carbonyl (C=O) groups is 1. The summed E-state index contributed by atoms with van der Waals surface area (Å²) in [5, 5.41) is 10.7. The van der Waals surface area contributed by atoms with Crippen LogP contribution >= 0.6 is 11.3 Å². The van der Waals surface area contributed by atoms with Crippen molar-refractivity contribution >= 4 is 17.3 Å². The Morgan fingerprint density at radius 1 is 1.15 bits per heavy atom. The van der Waals surface area contributed by atoms with E-state index in [1.54, 1.807) is 35.6 Å². The van der Waals surface area contributed by atoms with Gasteiger partial charge in [0.15, 0.2) is 0 Å². The zero-order valence-electron chi connectivity index (χ0n) is 11.0. The Morgan fingerprint density at radius 2 is 1.95 bits per heavy atom. The predicted octanol–water partition coefficient (Wildman–Crippen LogP) is 2.97. The van der Waals surface area contributed by atoms with Gasteiger partial charge in [-0.05, 0) is 29.1 Å². The zero-order valence-corrected chi connectivity index (χ0v) is 11.8. The molecule has 0 amide bonds. The summed E-state index contributed by atoms with van der Waals surface area (Å²) in [5.41, 5.74) is 0.763. The molecule has 0 aliphatic rings. The lowest BCUT2D eigenvalue weighted by Gasteiger charge is -2.07. The minimum atomic E-state index is -0.833. The topological polar surface area (TPSA) is 55.8 Å². The molecule has 1 N–H and O–H groups in total. The monoisotopic (exact) mass is 292 g/mol. The third-order valence-corrected chi connectivity index (χ3v) is 3.45. The summed E-state index contributed by atoms with van der Waals surface area (Å²) in [6, 6.07) is 11.1. The van der Waals surface area contributed by atoms with Gasteiger partial charge >= 0.3 is 5.97 Å². The summed E-state index contributed by atoms with van der Waals surface area (Å²) < 4.78 is 11.0. The molecule has 1 heterocycles. The van der Waals surface area contributed by atoms with Crippen molar-refractivity contribution in [2.45, 2.75) is 13.0 Å². The standard InChI is InChI=1S/C15H16O4S/c16-15(17)10-12-3-5-13(6-4-12)19-8-7-18-11-14-2-1-9-20-14/h1-6,9H,7-8,10-11H2,(H,16,17). The summed E-state index contributed by atoms with van der Waals surface area (Å²) in [7, 11) is 0. The second-order valence-electron chi connectivity index (χ2n) is 4.19. The Bertz CT molecular complexity index is 519. The van der Waals surface area contributed by atoms with E-state index in [9.17, 15) is 4.79 Å². The number of carboxylic acids is 1. The second kappa shape index (κ2) is 7.67. The average Bonchev–Trinajstić information content (AvgIpc) is 2.93. The van der Waals surface area contributed by atoms with Gasteiger partial charge < -0.3 is 14.6 Å². The fourth-order valence-corrected chi connectivity index (χ4v) is 2.30. The summed E-state index contributed by atoms with van der Waals surface area (Å²) in [4.78, 5) is 11.7. The molecule has 2 aromatic rings. The summed E-state index contributed by atoms with van der Waals surface area (Å²) in [5.74, 6) is -0.112. The second-order valence-corrected chi connectivity index (χ2v) is 5.23. The molecule has 0 saturated carbocycles. The van der Waals surface area contributed by atoms with Crippen molar-refractivity contribution in [1.29, 1.82) is 0 Å². The fraction of sp³-hybridized carbons (Fsp3) is 0.267. The molecule has 0 spiro atoms. The zero-order chi connectivity index (χ0) is 14.2. The molecule has 4 nitrogen and oxygen atoms in total. The van der Waals surface area contributed by atoms with Crippen LogP contribution in [0.2, 0.25) is 0 Å². The van der Waals surface area contributed by atoms with Crippen LogP contribution in [-0.2, 0) is 22.6 Å². The Morgan fingerprint density at radius 3 is 2.60 bits per heavy atom. The number of aliphatic carboxylic acids is 1. The van der Waals surface area contributed by atoms with Crippen LogP contribution in [0.15, 0.2) is 41.8 Å². The predicted molar refractivity (Wildman–Crippen MR) is 77.3 cm³/mol. The van der Waals surface area contributed by atoms with Crippen LogP contribution in [0.25, 0.3) is 0 Å². The molecule has 0 saturated heterocycles. The van der Waals surface area contributed by atoms with E-state index in [-0.39, 0.29) is 6.42 Å². The minimum Gasteiger partial charge on any atom is -0.491 e. The third-order valence-electron chi connectivity index (χ3n) is 2.60. The third kappa shape index (κ3) is 5.03. The van der Waals surface area contributed by atoms with E-state index in [0.29, 0.717) is 19.8 Å². The first-order chi connectivity index (χ1) is 9.74. The van der Waals surface area contributed by atoms with E-state index in [1.807, 2.05) is 17.5 Å². The van der Waals surface area contributed by atoms with Crippen LogP contribution in [0.1, 0.15) is 10.4 Å². The van der Waals surface area contributed by atoms with Gasteiger partial charge in [0.1, 0.15) is 12.4 Å². The van der Waals surface area contributed by atoms with Crippen LogP contribution in [-0.4, -0.2) is 24.3 Å². The molecule has 20 heavy (non-hydrogen) atoms. The van der Waals surface area contributed by atoms with Gasteiger partial charge in [0.2, 0.25) is 0 Å². The van der Waals surface area contributed by atoms with Gasteiger partial charge in [-0.1, -0.05) is 18.2 Å². The van der Waals surface area contributed by atoms with Crippen molar-refractivity contribution in [2.24, 2.45) is 0 Å². The van der Waals surface area contributed by atoms with Gasteiger partial charge in [-0.3, -0.25) is 4.79 Å². The summed E-state index contributed by atoms with van der Waals surface area (Å²) >= 11 is 1.67. The lowest BCUT2D eigenvalue weighted by atomic mass is 10.1. The summed E-state index contributed by atoms with van der Waals surface area (Å²) in [6.07, 6.45) is 0.0319. The maximum absolute atomic E-state index is 10.5. The lowest BCUT2D eigenvalue weighted by molar-refractivity contribution is -0.136. The van der Waals surface area contributed by atoms with Crippen LogP contribution < -0.4 is 4.74 Å². The van der Waals surface area contributed by atoms with Crippen molar-refractivity contribution in [3.05, 3.63) is 52.2 Å². The highest BCUT2D eigenvalue weighted by atomic mass is 32.1. The van der Waals surface area contributed by atoms with Crippen molar-refractivity contribution in [1.82, 2.24) is 0 Å². The Balaban J connectivity index is 1.65. The molecule has 2 rings (SSSR count). The number of hydrogen-bond acceptors (Lipinski definition) is 4. The molecule has 1 aromatic carbocycles. The normalized spacial score (nSPS) is 10.4. The number of benzene rings is 1. The highest BCUT2D eigenvalue weighted by molar-refractivity contribution is 7.09. The first-order valence-electron chi connectivity index (χ1n) is 6.28. The molecule has 0 atom stereocenters. The minimum absolute atomic E-state index is 0.0319. The average molecular weight is 292 g/mol. The SMILES string of the molecule is O=C(O)Cc1ccc(OCCOCc2cccs2)cc1. The van der Waals surface area contributed by atoms with Crippen molar-refractivity contribution < 1.29 is 19.4 Å². The number of thiophene rings is 1. The molecule has 0 fully saturated rings. The first-order valence-corrected chi connectivity index (χ1v) is 7.15. The van der Waals surface area contributed by atoms with Crippen LogP contribution in [0.3, 0.4) is 0 Å². The largest absolute Gasteiger partial charge is 0.491 e.